The van der Waals surface area contributed by atoms with E-state index in [2.05, 4.69) is 15.3 Å². The van der Waals surface area contributed by atoms with Gasteiger partial charge in [-0.15, -0.1) is 0 Å². The largest absolute Gasteiger partial charge is 0.478 e. The average molecular weight is 259 g/mol. The van der Waals surface area contributed by atoms with Crippen LogP contribution in [0.25, 0.3) is 0 Å². The molecule has 0 fully saturated rings. The molecular weight excluding hydrogens is 250 g/mol. The summed E-state index contributed by atoms with van der Waals surface area (Å²) in [5.41, 5.74) is 0.152. The van der Waals surface area contributed by atoms with Gasteiger partial charge in [-0.25, -0.2) is 19.6 Å². The van der Waals surface area contributed by atoms with Gasteiger partial charge < -0.3 is 15.5 Å². The fraction of sp³-hybridized carbons (Fsp3) is 0. The Bertz CT molecular complexity index is 587. The normalized spacial score (nSPS) is 9.89. The second-order valence-electron chi connectivity index (χ2n) is 3.59. The van der Waals surface area contributed by atoms with E-state index in [-0.39, 0.29) is 22.8 Å². The van der Waals surface area contributed by atoms with E-state index in [4.69, 9.17) is 10.2 Å². The van der Waals surface area contributed by atoms with Crippen LogP contribution in [0.3, 0.4) is 0 Å². The van der Waals surface area contributed by atoms with Crippen molar-refractivity contribution in [2.75, 3.05) is 5.32 Å². The van der Waals surface area contributed by atoms with Crippen LogP contribution < -0.4 is 5.32 Å². The van der Waals surface area contributed by atoms with Crippen molar-refractivity contribution in [1.82, 2.24) is 9.97 Å². The van der Waals surface area contributed by atoms with Gasteiger partial charge in [-0.1, -0.05) is 0 Å². The van der Waals surface area contributed by atoms with Crippen LogP contribution in [0.4, 0.5) is 11.6 Å². The van der Waals surface area contributed by atoms with Crippen molar-refractivity contribution in [3.63, 3.8) is 0 Å². The molecule has 0 unspecified atom stereocenters. The summed E-state index contributed by atoms with van der Waals surface area (Å²) < 4.78 is 0. The third kappa shape index (κ3) is 3.03. The zero-order chi connectivity index (χ0) is 13.8. The molecule has 2 aromatic rings. The molecule has 0 aliphatic carbocycles. The Balaban J connectivity index is 2.26. The van der Waals surface area contributed by atoms with Crippen molar-refractivity contribution in [2.24, 2.45) is 0 Å². The van der Waals surface area contributed by atoms with Gasteiger partial charge in [-0.05, 0) is 24.3 Å². The van der Waals surface area contributed by atoms with E-state index in [1.54, 1.807) is 0 Å². The van der Waals surface area contributed by atoms with Crippen molar-refractivity contribution in [3.8, 4) is 0 Å². The topological polar surface area (TPSA) is 112 Å². The molecule has 2 rings (SSSR count). The van der Waals surface area contributed by atoms with E-state index in [9.17, 15) is 9.59 Å². The van der Waals surface area contributed by atoms with Crippen LogP contribution >= 0.6 is 0 Å². The van der Waals surface area contributed by atoms with E-state index < -0.39 is 11.9 Å². The Labute approximate surface area is 107 Å². The lowest BCUT2D eigenvalue weighted by Crippen LogP contribution is -2.02. The summed E-state index contributed by atoms with van der Waals surface area (Å²) in [7, 11) is 0. The molecule has 0 atom stereocenters. The lowest BCUT2D eigenvalue weighted by molar-refractivity contribution is 0.0686. The number of hydrogen-bond donors (Lipinski definition) is 3. The average Bonchev–Trinajstić information content (AvgIpc) is 2.39. The maximum atomic E-state index is 10.8. The van der Waals surface area contributed by atoms with Crippen molar-refractivity contribution < 1.29 is 19.8 Å². The quantitative estimate of drug-likeness (QED) is 0.764. The predicted octanol–water partition coefficient (Wildman–Crippen LogP) is 1.62. The first-order valence-electron chi connectivity index (χ1n) is 5.22. The van der Waals surface area contributed by atoms with Gasteiger partial charge >= 0.3 is 11.9 Å². The Morgan fingerprint density at radius 3 is 1.68 bits per heavy atom. The first-order chi connectivity index (χ1) is 9.06. The number of nitrogens with zero attached hydrogens (tertiary/aromatic N) is 2. The highest BCUT2D eigenvalue weighted by molar-refractivity contribution is 5.89. The summed E-state index contributed by atoms with van der Waals surface area (Å²) in [6.45, 7) is 0. The summed E-state index contributed by atoms with van der Waals surface area (Å²) in [6, 6.07) is 5.37. The smallest absolute Gasteiger partial charge is 0.335 e. The number of carboxylic acid groups (broad SMARTS) is 2. The molecule has 0 saturated heterocycles. The molecule has 0 spiro atoms. The Morgan fingerprint density at radius 1 is 0.895 bits per heavy atom. The SMILES string of the molecule is O=C(O)c1ccnc(Nc2cc(C(=O)O)ccn2)c1. The second kappa shape index (κ2) is 5.13. The molecule has 0 aliphatic rings. The van der Waals surface area contributed by atoms with Gasteiger partial charge in [0.25, 0.3) is 0 Å². The minimum atomic E-state index is -1.07. The number of carbonyl (C=O) groups is 2. The van der Waals surface area contributed by atoms with Crippen molar-refractivity contribution in [3.05, 3.63) is 47.8 Å². The second-order valence-corrected chi connectivity index (χ2v) is 3.59. The summed E-state index contributed by atoms with van der Waals surface area (Å²) in [5, 5.41) is 20.4. The maximum Gasteiger partial charge on any atom is 0.335 e. The highest BCUT2D eigenvalue weighted by Crippen LogP contribution is 2.14. The highest BCUT2D eigenvalue weighted by Gasteiger charge is 2.07. The number of rotatable bonds is 4. The summed E-state index contributed by atoms with van der Waals surface area (Å²) >= 11 is 0. The predicted molar refractivity (Wildman–Crippen MR) is 65.7 cm³/mol. The molecular formula is C12H9N3O4. The minimum absolute atomic E-state index is 0.0758. The van der Waals surface area contributed by atoms with Crippen molar-refractivity contribution >= 4 is 23.6 Å². The zero-order valence-electron chi connectivity index (χ0n) is 9.57. The number of hydrogen-bond acceptors (Lipinski definition) is 5. The molecule has 0 aromatic carbocycles. The van der Waals surface area contributed by atoms with Gasteiger partial charge in [-0.2, -0.15) is 0 Å². The molecule has 0 bridgehead atoms. The number of nitrogens with one attached hydrogen (secondary N) is 1. The van der Waals surface area contributed by atoms with Crippen LogP contribution in [-0.4, -0.2) is 32.1 Å². The molecule has 0 radical (unpaired) electrons. The molecule has 96 valence electrons. The lowest BCUT2D eigenvalue weighted by Gasteiger charge is -2.05. The molecule has 3 N–H and O–H groups in total. The Hall–Kier alpha value is -2.96. The standard InChI is InChI=1S/C12H9N3O4/c16-11(17)7-1-3-13-9(5-7)15-10-6-8(12(18)19)2-4-14-10/h1-6H,(H,16,17)(H,18,19)(H,13,14,15). The van der Waals surface area contributed by atoms with Gasteiger partial charge in [0.15, 0.2) is 0 Å². The van der Waals surface area contributed by atoms with E-state index in [1.165, 1.54) is 36.7 Å². The Morgan fingerprint density at radius 2 is 1.32 bits per heavy atom. The molecule has 0 aliphatic heterocycles. The van der Waals surface area contributed by atoms with Crippen molar-refractivity contribution in [2.45, 2.75) is 0 Å². The van der Waals surface area contributed by atoms with Crippen LogP contribution in [-0.2, 0) is 0 Å². The minimum Gasteiger partial charge on any atom is -0.478 e. The van der Waals surface area contributed by atoms with Gasteiger partial charge in [0.2, 0.25) is 0 Å². The fourth-order valence-corrected chi connectivity index (χ4v) is 1.40. The van der Waals surface area contributed by atoms with Gasteiger partial charge in [0.1, 0.15) is 11.6 Å². The number of aromatic carboxylic acids is 2. The van der Waals surface area contributed by atoms with Crippen LogP contribution in [0.1, 0.15) is 20.7 Å². The van der Waals surface area contributed by atoms with E-state index in [0.29, 0.717) is 0 Å². The molecule has 19 heavy (non-hydrogen) atoms. The van der Waals surface area contributed by atoms with Crippen LogP contribution in [0.5, 0.6) is 0 Å². The third-order valence-electron chi connectivity index (χ3n) is 2.27. The summed E-state index contributed by atoms with van der Waals surface area (Å²) in [4.78, 5) is 29.5. The molecule has 0 saturated carbocycles. The van der Waals surface area contributed by atoms with Crippen LogP contribution in [0, 0.1) is 0 Å². The monoisotopic (exact) mass is 259 g/mol. The van der Waals surface area contributed by atoms with Gasteiger partial charge in [0, 0.05) is 12.4 Å². The summed E-state index contributed by atoms with van der Waals surface area (Å²) in [6.07, 6.45) is 2.68. The number of pyridine rings is 2. The van der Waals surface area contributed by atoms with Crippen LogP contribution in [0.15, 0.2) is 36.7 Å². The zero-order valence-corrected chi connectivity index (χ0v) is 9.57. The van der Waals surface area contributed by atoms with Gasteiger partial charge in [-0.3, -0.25) is 0 Å². The molecule has 7 heteroatoms. The molecule has 0 amide bonds. The van der Waals surface area contributed by atoms with E-state index in [1.807, 2.05) is 0 Å². The maximum absolute atomic E-state index is 10.8. The fourth-order valence-electron chi connectivity index (χ4n) is 1.40. The third-order valence-corrected chi connectivity index (χ3v) is 2.27. The van der Waals surface area contributed by atoms with Crippen LogP contribution in [0.2, 0.25) is 0 Å². The first kappa shape index (κ1) is 12.5. The van der Waals surface area contributed by atoms with E-state index in [0.717, 1.165) is 0 Å². The molecule has 2 aromatic heterocycles. The number of aromatic nitrogens is 2. The highest BCUT2D eigenvalue weighted by atomic mass is 16.4. The summed E-state index contributed by atoms with van der Waals surface area (Å²) in [5.74, 6) is -1.60. The van der Waals surface area contributed by atoms with Gasteiger partial charge in [0.05, 0.1) is 11.1 Å². The lowest BCUT2D eigenvalue weighted by atomic mass is 10.2. The molecule has 2 heterocycles. The molecule has 7 nitrogen and oxygen atoms in total. The van der Waals surface area contributed by atoms with Crippen molar-refractivity contribution in [1.29, 1.82) is 0 Å². The first-order valence-corrected chi connectivity index (χ1v) is 5.22. The van der Waals surface area contributed by atoms with E-state index >= 15 is 0 Å². The number of carboxylic acids is 2. The Kier molecular flexibility index (Phi) is 3.37. The number of anilines is 2.